The van der Waals surface area contributed by atoms with Gasteiger partial charge >= 0.3 is 6.18 Å². The topological polar surface area (TPSA) is 38.9 Å². The van der Waals surface area contributed by atoms with Crippen LogP contribution in [0, 0.1) is 3.57 Å². The molecule has 0 aliphatic rings. The molecular formula is C6H4F3IN2. The summed E-state index contributed by atoms with van der Waals surface area (Å²) in [6.45, 7) is 0. The van der Waals surface area contributed by atoms with Crippen LogP contribution in [0.15, 0.2) is 12.3 Å². The van der Waals surface area contributed by atoms with Gasteiger partial charge in [0.15, 0.2) is 0 Å². The molecule has 0 spiro atoms. The summed E-state index contributed by atoms with van der Waals surface area (Å²) in [5.41, 5.74) is 4.47. The maximum atomic E-state index is 12.0. The minimum absolute atomic E-state index is 0.114. The van der Waals surface area contributed by atoms with Gasteiger partial charge in [0.05, 0.1) is 9.13 Å². The van der Waals surface area contributed by atoms with Gasteiger partial charge < -0.3 is 5.73 Å². The van der Waals surface area contributed by atoms with Gasteiger partial charge in [0, 0.05) is 6.20 Å². The molecule has 0 fully saturated rings. The van der Waals surface area contributed by atoms with Crippen molar-refractivity contribution >= 4 is 28.4 Å². The third-order valence-corrected chi connectivity index (χ3v) is 2.06. The summed E-state index contributed by atoms with van der Waals surface area (Å²) in [7, 11) is 0. The molecule has 1 aromatic rings. The zero-order valence-corrected chi connectivity index (χ0v) is 7.85. The molecule has 0 aromatic carbocycles. The molecule has 0 atom stereocenters. The average molecular weight is 288 g/mol. The number of nitrogens with zero attached hydrogens (tertiary/aromatic N) is 1. The van der Waals surface area contributed by atoms with Crippen molar-refractivity contribution in [1.82, 2.24) is 4.98 Å². The molecule has 1 heterocycles. The molecule has 0 saturated heterocycles. The highest BCUT2D eigenvalue weighted by molar-refractivity contribution is 14.1. The van der Waals surface area contributed by atoms with Gasteiger partial charge in [0.25, 0.3) is 0 Å². The van der Waals surface area contributed by atoms with Crippen LogP contribution < -0.4 is 5.73 Å². The first kappa shape index (κ1) is 9.56. The molecule has 0 radical (unpaired) electrons. The quantitative estimate of drug-likeness (QED) is 0.744. The standard InChI is InChI=1S/C6H4F3IN2/c7-6(8,9)3-1-4(10)5(11)12-2-3/h1-2H,(H2,11,12). The SMILES string of the molecule is Nc1ncc(C(F)(F)F)cc1I. The maximum Gasteiger partial charge on any atom is 0.417 e. The molecule has 0 aliphatic carbocycles. The van der Waals surface area contributed by atoms with Crippen LogP contribution in [-0.2, 0) is 6.18 Å². The van der Waals surface area contributed by atoms with Crippen molar-refractivity contribution in [2.45, 2.75) is 6.18 Å². The van der Waals surface area contributed by atoms with E-state index in [0.717, 1.165) is 12.3 Å². The van der Waals surface area contributed by atoms with Crippen LogP contribution in [-0.4, -0.2) is 4.98 Å². The van der Waals surface area contributed by atoms with Gasteiger partial charge in [0.1, 0.15) is 5.82 Å². The summed E-state index contributed by atoms with van der Waals surface area (Å²) in [5, 5.41) is 0. The fraction of sp³-hybridized carbons (Fsp3) is 0.167. The van der Waals surface area contributed by atoms with E-state index >= 15 is 0 Å². The molecule has 0 aliphatic heterocycles. The second-order valence-corrected chi connectivity index (χ2v) is 3.25. The van der Waals surface area contributed by atoms with Crippen molar-refractivity contribution in [3.05, 3.63) is 21.4 Å². The van der Waals surface area contributed by atoms with Gasteiger partial charge in [-0.2, -0.15) is 13.2 Å². The lowest BCUT2D eigenvalue weighted by molar-refractivity contribution is -0.137. The van der Waals surface area contributed by atoms with Crippen molar-refractivity contribution in [2.75, 3.05) is 5.73 Å². The summed E-state index contributed by atoms with van der Waals surface area (Å²) in [4.78, 5) is 3.40. The molecule has 1 rings (SSSR count). The van der Waals surface area contributed by atoms with Gasteiger partial charge in [-0.15, -0.1) is 0 Å². The van der Waals surface area contributed by atoms with Crippen LogP contribution in [0.25, 0.3) is 0 Å². The number of rotatable bonds is 0. The Bertz CT molecular complexity index is 297. The Labute approximate surface area is 80.1 Å². The third kappa shape index (κ3) is 1.99. The molecular weight excluding hydrogens is 284 g/mol. The molecule has 0 bridgehead atoms. The first-order chi connectivity index (χ1) is 5.41. The number of pyridine rings is 1. The summed E-state index contributed by atoms with van der Waals surface area (Å²) < 4.78 is 36.4. The largest absolute Gasteiger partial charge is 0.417 e. The molecule has 0 amide bonds. The number of nitrogen functional groups attached to an aromatic ring is 1. The summed E-state index contributed by atoms with van der Waals surface area (Å²) in [5.74, 6) is 0.114. The second kappa shape index (κ2) is 3.08. The molecule has 66 valence electrons. The lowest BCUT2D eigenvalue weighted by atomic mass is 10.3. The molecule has 6 heteroatoms. The highest BCUT2D eigenvalue weighted by atomic mass is 127. The maximum absolute atomic E-state index is 12.0. The smallest absolute Gasteiger partial charge is 0.383 e. The van der Waals surface area contributed by atoms with Crippen LogP contribution in [0.3, 0.4) is 0 Å². The Hall–Kier alpha value is -0.530. The Kier molecular flexibility index (Phi) is 2.45. The lowest BCUT2D eigenvalue weighted by Gasteiger charge is -2.06. The highest BCUT2D eigenvalue weighted by Crippen LogP contribution is 2.30. The van der Waals surface area contributed by atoms with E-state index in [-0.39, 0.29) is 5.82 Å². The van der Waals surface area contributed by atoms with Gasteiger partial charge in [-0.1, -0.05) is 0 Å². The predicted octanol–water partition coefficient (Wildman–Crippen LogP) is 2.29. The van der Waals surface area contributed by atoms with Crippen molar-refractivity contribution in [3.8, 4) is 0 Å². The van der Waals surface area contributed by atoms with Crippen LogP contribution in [0.4, 0.5) is 19.0 Å². The predicted molar refractivity (Wildman–Crippen MR) is 46.4 cm³/mol. The molecule has 2 nitrogen and oxygen atoms in total. The van der Waals surface area contributed by atoms with Crippen molar-refractivity contribution in [2.24, 2.45) is 0 Å². The van der Waals surface area contributed by atoms with E-state index in [1.54, 1.807) is 22.6 Å². The van der Waals surface area contributed by atoms with E-state index in [9.17, 15) is 13.2 Å². The van der Waals surface area contributed by atoms with Crippen LogP contribution in [0.1, 0.15) is 5.56 Å². The van der Waals surface area contributed by atoms with Gasteiger partial charge in [0.2, 0.25) is 0 Å². The zero-order valence-electron chi connectivity index (χ0n) is 5.69. The Morgan fingerprint density at radius 2 is 2.00 bits per heavy atom. The minimum Gasteiger partial charge on any atom is -0.383 e. The first-order valence-electron chi connectivity index (χ1n) is 2.89. The molecule has 0 saturated carbocycles. The van der Waals surface area contributed by atoms with Gasteiger partial charge in [-0.25, -0.2) is 4.98 Å². The average Bonchev–Trinajstić information content (AvgIpc) is 1.92. The fourth-order valence-corrected chi connectivity index (χ4v) is 1.08. The molecule has 0 unspecified atom stereocenters. The number of halogens is 4. The van der Waals surface area contributed by atoms with Crippen molar-refractivity contribution < 1.29 is 13.2 Å². The Morgan fingerprint density at radius 1 is 1.42 bits per heavy atom. The zero-order chi connectivity index (χ0) is 9.35. The number of hydrogen-bond donors (Lipinski definition) is 1. The number of aromatic nitrogens is 1. The first-order valence-corrected chi connectivity index (χ1v) is 3.97. The summed E-state index contributed by atoms with van der Waals surface area (Å²) in [6.07, 6.45) is -3.63. The van der Waals surface area contributed by atoms with Crippen LogP contribution in [0.2, 0.25) is 0 Å². The second-order valence-electron chi connectivity index (χ2n) is 2.09. The van der Waals surface area contributed by atoms with E-state index in [2.05, 4.69) is 4.98 Å². The van der Waals surface area contributed by atoms with Gasteiger partial charge in [-0.3, -0.25) is 0 Å². The molecule has 12 heavy (non-hydrogen) atoms. The van der Waals surface area contributed by atoms with Crippen molar-refractivity contribution in [1.29, 1.82) is 0 Å². The third-order valence-electron chi connectivity index (χ3n) is 1.20. The number of nitrogens with two attached hydrogens (primary N) is 1. The van der Waals surface area contributed by atoms with Crippen LogP contribution >= 0.6 is 22.6 Å². The van der Waals surface area contributed by atoms with E-state index in [1.165, 1.54) is 0 Å². The fourth-order valence-electron chi connectivity index (χ4n) is 0.604. The minimum atomic E-state index is -4.35. The van der Waals surface area contributed by atoms with E-state index < -0.39 is 11.7 Å². The van der Waals surface area contributed by atoms with Gasteiger partial charge in [-0.05, 0) is 28.7 Å². The highest BCUT2D eigenvalue weighted by Gasteiger charge is 2.31. The normalized spacial score (nSPS) is 11.7. The van der Waals surface area contributed by atoms with Crippen molar-refractivity contribution in [3.63, 3.8) is 0 Å². The number of hydrogen-bond acceptors (Lipinski definition) is 2. The van der Waals surface area contributed by atoms with E-state index in [0.29, 0.717) is 3.57 Å². The van der Waals surface area contributed by atoms with E-state index in [4.69, 9.17) is 5.73 Å². The van der Waals surface area contributed by atoms with Crippen LogP contribution in [0.5, 0.6) is 0 Å². The molecule has 1 aromatic heterocycles. The Balaban J connectivity index is 3.14. The lowest BCUT2D eigenvalue weighted by Crippen LogP contribution is -2.07. The Morgan fingerprint density at radius 3 is 2.42 bits per heavy atom. The number of anilines is 1. The summed E-state index contributed by atoms with van der Waals surface area (Å²) in [6, 6.07) is 0.961. The molecule has 2 N–H and O–H groups in total. The monoisotopic (exact) mass is 288 g/mol. The number of alkyl halides is 3. The van der Waals surface area contributed by atoms with E-state index in [1.807, 2.05) is 0 Å². The summed E-state index contributed by atoms with van der Waals surface area (Å²) >= 11 is 1.70.